The number of alkyl halides is 3. The molecule has 2 rings (SSSR count). The zero-order chi connectivity index (χ0) is 32.9. The van der Waals surface area contributed by atoms with E-state index in [9.17, 15) is 26.3 Å². The average Bonchev–Trinajstić information content (AvgIpc) is 2.94. The number of rotatable bonds is 12. The van der Waals surface area contributed by atoms with E-state index in [1.165, 1.54) is 6.07 Å². The Morgan fingerprint density at radius 1 is 0.977 bits per heavy atom. The van der Waals surface area contributed by atoms with Gasteiger partial charge in [0.2, 0.25) is 0 Å². The van der Waals surface area contributed by atoms with E-state index in [-0.39, 0.29) is 10.9 Å². The van der Waals surface area contributed by atoms with E-state index in [1.54, 1.807) is 32.0 Å². The van der Waals surface area contributed by atoms with Crippen LogP contribution in [-0.4, -0.2) is 11.9 Å². The summed E-state index contributed by atoms with van der Waals surface area (Å²) in [5.74, 6) is -2.33. The summed E-state index contributed by atoms with van der Waals surface area (Å²) >= 11 is 6.12. The Labute approximate surface area is 258 Å². The van der Waals surface area contributed by atoms with Crippen LogP contribution in [0.2, 0.25) is 5.02 Å². The van der Waals surface area contributed by atoms with Crippen LogP contribution in [0, 0.1) is 24.4 Å². The molecule has 0 heterocycles. The molecule has 0 amide bonds. The minimum absolute atomic E-state index is 0.0851. The summed E-state index contributed by atoms with van der Waals surface area (Å²) in [5, 5.41) is 0.0851. The van der Waals surface area contributed by atoms with Crippen molar-refractivity contribution in [3.8, 4) is 0 Å². The van der Waals surface area contributed by atoms with Gasteiger partial charge in [0.05, 0.1) is 5.02 Å². The van der Waals surface area contributed by atoms with Crippen LogP contribution in [-0.2, 0) is 6.42 Å². The molecule has 0 aliphatic heterocycles. The van der Waals surface area contributed by atoms with Crippen LogP contribution in [0.5, 0.6) is 0 Å². The van der Waals surface area contributed by atoms with E-state index >= 15 is 0 Å². The van der Waals surface area contributed by atoms with E-state index in [0.717, 1.165) is 85.2 Å². The highest BCUT2D eigenvalue weighted by molar-refractivity contribution is 6.31. The summed E-state index contributed by atoms with van der Waals surface area (Å²) < 4.78 is 78.7. The molecule has 238 valence electrons. The Morgan fingerprint density at radius 3 is 2.19 bits per heavy atom. The first-order chi connectivity index (χ1) is 20.1. The monoisotopic (exact) mass is 627 g/mol. The van der Waals surface area contributed by atoms with Crippen LogP contribution in [0.15, 0.2) is 59.3 Å². The highest BCUT2D eigenvalue weighted by Crippen LogP contribution is 2.38. The number of hydrogen-bond donors (Lipinski definition) is 0. The van der Waals surface area contributed by atoms with Crippen LogP contribution >= 0.6 is 11.6 Å². The van der Waals surface area contributed by atoms with Crippen LogP contribution in [0.25, 0.3) is 5.57 Å². The molecule has 0 N–H and O–H groups in total. The van der Waals surface area contributed by atoms with Gasteiger partial charge in [-0.05, 0) is 92.5 Å². The van der Waals surface area contributed by atoms with Crippen molar-refractivity contribution in [2.75, 3.05) is 0 Å². The van der Waals surface area contributed by atoms with Crippen LogP contribution in [0.3, 0.4) is 0 Å². The molecule has 1 atom stereocenters. The maximum absolute atomic E-state index is 14.6. The molecule has 1 nitrogen and oxygen atoms in total. The standard InChI is InChI=1S/C25H30ClF3.C10H14F3N/c1-6-8-10-19(21-14-22(26)23(27)13-18(21)9-7-2)16(4)17(5)20-12-11-15(3)24(28)25(20)29;1-4-5-9(3)14-7-6-8(2)10(11,12)13/h11-14,17H,6-10H2,1-5H3;6-7H,2,4-5H2,1,3H3/b19-16+;7-6-,14-9?. The molecule has 0 fully saturated rings. The molecule has 0 radical (unpaired) electrons. The fourth-order valence-corrected chi connectivity index (χ4v) is 4.67. The zero-order valence-electron chi connectivity index (χ0n) is 26.3. The molecule has 0 saturated carbocycles. The Kier molecular flexibility index (Phi) is 16.1. The van der Waals surface area contributed by atoms with Gasteiger partial charge < -0.3 is 0 Å². The van der Waals surface area contributed by atoms with Crippen LogP contribution in [0.4, 0.5) is 26.3 Å². The summed E-state index contributed by atoms with van der Waals surface area (Å²) in [7, 11) is 0. The third kappa shape index (κ3) is 11.7. The molecule has 0 aliphatic carbocycles. The topological polar surface area (TPSA) is 12.4 Å². The van der Waals surface area contributed by atoms with Crippen molar-refractivity contribution in [2.45, 2.75) is 106 Å². The number of allylic oxidation sites excluding steroid dienone is 4. The van der Waals surface area contributed by atoms with Gasteiger partial charge in [0.15, 0.2) is 11.6 Å². The summed E-state index contributed by atoms with van der Waals surface area (Å²) in [6.07, 6.45) is 3.72. The van der Waals surface area contributed by atoms with Gasteiger partial charge in [0.25, 0.3) is 0 Å². The Morgan fingerprint density at radius 2 is 1.63 bits per heavy atom. The molecule has 2 aromatic rings. The molecule has 43 heavy (non-hydrogen) atoms. The second kappa shape index (κ2) is 18.1. The molecular weight excluding hydrogens is 584 g/mol. The van der Waals surface area contributed by atoms with Crippen molar-refractivity contribution >= 4 is 22.9 Å². The third-order valence-corrected chi connectivity index (χ3v) is 7.50. The quantitative estimate of drug-likeness (QED) is 0.126. The zero-order valence-corrected chi connectivity index (χ0v) is 27.0. The molecular formula is C35H44ClF6N. The van der Waals surface area contributed by atoms with E-state index in [4.69, 9.17) is 11.6 Å². The molecule has 1 unspecified atom stereocenters. The average molecular weight is 628 g/mol. The van der Waals surface area contributed by atoms with Crippen LogP contribution in [0.1, 0.15) is 108 Å². The first kappa shape index (κ1) is 38.2. The van der Waals surface area contributed by atoms with Gasteiger partial charge in [0, 0.05) is 23.4 Å². The van der Waals surface area contributed by atoms with Crippen molar-refractivity contribution in [3.05, 3.63) is 99.0 Å². The fourth-order valence-electron chi connectivity index (χ4n) is 4.51. The lowest BCUT2D eigenvalue weighted by Gasteiger charge is -2.22. The summed E-state index contributed by atoms with van der Waals surface area (Å²) in [6.45, 7) is 16.2. The van der Waals surface area contributed by atoms with Gasteiger partial charge in [0.1, 0.15) is 5.82 Å². The van der Waals surface area contributed by atoms with E-state index in [2.05, 4.69) is 18.5 Å². The van der Waals surface area contributed by atoms with Gasteiger partial charge in [-0.2, -0.15) is 13.2 Å². The molecule has 0 spiro atoms. The van der Waals surface area contributed by atoms with Gasteiger partial charge in [-0.1, -0.05) is 82.8 Å². The van der Waals surface area contributed by atoms with Crippen LogP contribution < -0.4 is 0 Å². The lowest BCUT2D eigenvalue weighted by molar-refractivity contribution is -0.0878. The van der Waals surface area contributed by atoms with Crippen molar-refractivity contribution in [3.63, 3.8) is 0 Å². The first-order valence-electron chi connectivity index (χ1n) is 14.7. The normalized spacial score (nSPS) is 13.5. The van der Waals surface area contributed by atoms with E-state index in [1.807, 2.05) is 27.7 Å². The number of nitrogens with zero attached hydrogens (tertiary/aromatic N) is 1. The lowest BCUT2D eigenvalue weighted by Crippen LogP contribution is -2.08. The second-order valence-electron chi connectivity index (χ2n) is 10.7. The van der Waals surface area contributed by atoms with Crippen molar-refractivity contribution in [1.82, 2.24) is 0 Å². The molecule has 8 heteroatoms. The second-order valence-corrected chi connectivity index (χ2v) is 11.1. The maximum Gasteiger partial charge on any atom is 0.415 e. The molecule has 0 saturated heterocycles. The number of aryl methyl sites for hydroxylation is 2. The predicted molar refractivity (Wildman–Crippen MR) is 169 cm³/mol. The highest BCUT2D eigenvalue weighted by atomic mass is 35.5. The molecule has 2 aromatic carbocycles. The predicted octanol–water partition coefficient (Wildman–Crippen LogP) is 12.7. The number of benzene rings is 2. The smallest absolute Gasteiger partial charge is 0.266 e. The maximum atomic E-state index is 14.6. The number of unbranched alkanes of at least 4 members (excludes halogenated alkanes) is 1. The number of halogens is 7. The molecule has 0 aliphatic rings. The SMILES string of the molecule is C=C(/C=C\N=C(C)CCC)C(F)(F)F.CCCC/C(=C(/C)C(C)c1ccc(C)c(F)c1F)c1cc(Cl)c(F)cc1CCC. The van der Waals surface area contributed by atoms with E-state index in [0.29, 0.717) is 11.1 Å². The molecule has 0 bridgehead atoms. The Balaban J connectivity index is 0.000000557. The lowest BCUT2D eigenvalue weighted by atomic mass is 9.83. The summed E-state index contributed by atoms with van der Waals surface area (Å²) in [4.78, 5) is 3.84. The van der Waals surface area contributed by atoms with Crippen molar-refractivity contribution in [2.24, 2.45) is 4.99 Å². The third-order valence-electron chi connectivity index (χ3n) is 7.21. The van der Waals surface area contributed by atoms with Gasteiger partial charge in [-0.15, -0.1) is 0 Å². The number of aliphatic imine (C=N–C) groups is 1. The summed E-state index contributed by atoms with van der Waals surface area (Å²) in [5.41, 5.74) is 4.40. The molecule has 0 aromatic heterocycles. The Bertz CT molecular complexity index is 1320. The minimum Gasteiger partial charge on any atom is -0.266 e. The summed E-state index contributed by atoms with van der Waals surface area (Å²) in [6, 6.07) is 6.47. The van der Waals surface area contributed by atoms with Crippen molar-refractivity contribution < 1.29 is 26.3 Å². The minimum atomic E-state index is -4.36. The largest absolute Gasteiger partial charge is 0.415 e. The highest BCUT2D eigenvalue weighted by Gasteiger charge is 2.29. The van der Waals surface area contributed by atoms with Crippen molar-refractivity contribution in [1.29, 1.82) is 0 Å². The van der Waals surface area contributed by atoms with E-state index < -0.39 is 29.2 Å². The Hall–Kier alpha value is -2.80. The van der Waals surface area contributed by atoms with Gasteiger partial charge in [-0.3, -0.25) is 4.99 Å². The van der Waals surface area contributed by atoms with Gasteiger partial charge in [-0.25, -0.2) is 13.2 Å². The number of hydrogen-bond acceptors (Lipinski definition) is 1. The van der Waals surface area contributed by atoms with Gasteiger partial charge >= 0.3 is 6.18 Å². The fraction of sp³-hybridized carbons (Fsp3) is 0.457. The first-order valence-corrected chi connectivity index (χ1v) is 15.1.